The van der Waals surface area contributed by atoms with Gasteiger partial charge in [0.15, 0.2) is 5.69 Å². The number of fused-ring (bicyclic) bond motifs is 1. The van der Waals surface area contributed by atoms with Crippen molar-refractivity contribution in [2.24, 2.45) is 0 Å². The summed E-state index contributed by atoms with van der Waals surface area (Å²) in [5, 5.41) is 4.69. The van der Waals surface area contributed by atoms with Crippen LogP contribution in [-0.2, 0) is 17.4 Å². The summed E-state index contributed by atoms with van der Waals surface area (Å²) in [6.07, 6.45) is -3.06. The van der Waals surface area contributed by atoms with Crippen molar-refractivity contribution in [3.63, 3.8) is 0 Å². The Bertz CT molecular complexity index is 1460. The van der Waals surface area contributed by atoms with Gasteiger partial charge >= 0.3 is 6.18 Å². The molecule has 0 bridgehead atoms. The monoisotopic (exact) mass is 469 g/mol. The van der Waals surface area contributed by atoms with E-state index in [2.05, 4.69) is 20.9 Å². The van der Waals surface area contributed by atoms with E-state index in [4.69, 9.17) is 0 Å². The topological polar surface area (TPSA) is 109 Å². The predicted octanol–water partition coefficient (Wildman–Crippen LogP) is 3.04. The molecule has 0 unspecified atom stereocenters. The molecule has 34 heavy (non-hydrogen) atoms. The van der Waals surface area contributed by atoms with Crippen molar-refractivity contribution in [3.05, 3.63) is 93.5 Å². The zero-order valence-electron chi connectivity index (χ0n) is 17.7. The fraction of sp³-hybridized carbons (Fsp3) is 0.130. The van der Waals surface area contributed by atoms with Crippen molar-refractivity contribution in [3.8, 4) is 5.69 Å². The van der Waals surface area contributed by atoms with E-state index in [1.807, 2.05) is 24.3 Å². The van der Waals surface area contributed by atoms with Gasteiger partial charge in [0.05, 0.1) is 17.7 Å². The SMILES string of the molecule is Cc1cc(=O)c(C(=O)NNC(=O)Cc2c[nH]c3ccccc23)nn1-c1ccccc1C(F)(F)F. The van der Waals surface area contributed by atoms with Gasteiger partial charge in [0.1, 0.15) is 0 Å². The second-order valence-electron chi connectivity index (χ2n) is 7.46. The van der Waals surface area contributed by atoms with Gasteiger partial charge in [0, 0.05) is 28.9 Å². The Hall–Kier alpha value is -4.41. The van der Waals surface area contributed by atoms with Crippen molar-refractivity contribution in [1.82, 2.24) is 25.6 Å². The van der Waals surface area contributed by atoms with Crippen molar-refractivity contribution in [1.29, 1.82) is 0 Å². The highest BCUT2D eigenvalue weighted by molar-refractivity contribution is 5.94. The number of hydrazine groups is 1. The quantitative estimate of drug-likeness (QED) is 0.399. The Kier molecular flexibility index (Phi) is 5.93. The normalized spacial score (nSPS) is 11.4. The lowest BCUT2D eigenvalue weighted by Crippen LogP contribution is -2.44. The highest BCUT2D eigenvalue weighted by Crippen LogP contribution is 2.33. The number of hydrogen-bond acceptors (Lipinski definition) is 4. The Balaban J connectivity index is 1.54. The van der Waals surface area contributed by atoms with Crippen LogP contribution >= 0.6 is 0 Å². The molecular formula is C23H18F3N5O3. The number of nitrogens with one attached hydrogen (secondary N) is 3. The van der Waals surface area contributed by atoms with E-state index >= 15 is 0 Å². The van der Waals surface area contributed by atoms with Crippen molar-refractivity contribution < 1.29 is 22.8 Å². The maximum Gasteiger partial charge on any atom is 0.418 e. The van der Waals surface area contributed by atoms with Crippen LogP contribution in [0.4, 0.5) is 13.2 Å². The lowest BCUT2D eigenvalue weighted by molar-refractivity contribution is -0.137. The number of aromatic nitrogens is 3. The molecule has 174 valence electrons. The van der Waals surface area contributed by atoms with Crippen molar-refractivity contribution >= 4 is 22.7 Å². The van der Waals surface area contributed by atoms with Crippen LogP contribution in [0.5, 0.6) is 0 Å². The molecule has 0 spiro atoms. The Morgan fingerprint density at radius 2 is 1.76 bits per heavy atom. The maximum atomic E-state index is 13.4. The van der Waals surface area contributed by atoms with Crippen LogP contribution in [0.25, 0.3) is 16.6 Å². The minimum absolute atomic E-state index is 0.0607. The van der Waals surface area contributed by atoms with Gasteiger partial charge in [-0.3, -0.25) is 25.2 Å². The molecule has 0 fully saturated rings. The summed E-state index contributed by atoms with van der Waals surface area (Å²) in [4.78, 5) is 40.2. The van der Waals surface area contributed by atoms with E-state index in [1.165, 1.54) is 25.1 Å². The highest BCUT2D eigenvalue weighted by atomic mass is 19.4. The fourth-order valence-electron chi connectivity index (χ4n) is 3.53. The molecule has 0 radical (unpaired) electrons. The average Bonchev–Trinajstić information content (AvgIpc) is 3.20. The number of benzene rings is 2. The van der Waals surface area contributed by atoms with Crippen LogP contribution in [0, 0.1) is 6.92 Å². The standard InChI is InChI=1S/C23H18F3N5O3/c1-13-10-19(32)21(30-31(13)18-9-5-3-7-16(18)23(24,25)26)22(34)29-28-20(33)11-14-12-27-17-8-4-2-6-15(14)17/h2-10,12,27H,11H2,1H3,(H,28,33)(H,29,34). The van der Waals surface area contributed by atoms with Crippen LogP contribution < -0.4 is 16.3 Å². The van der Waals surface area contributed by atoms with Crippen LogP contribution in [0.1, 0.15) is 27.3 Å². The van der Waals surface area contributed by atoms with Gasteiger partial charge in [-0.2, -0.15) is 18.3 Å². The third-order valence-electron chi connectivity index (χ3n) is 5.10. The molecule has 2 aromatic carbocycles. The summed E-state index contributed by atoms with van der Waals surface area (Å²) in [6, 6.07) is 13.0. The number of rotatable bonds is 4. The molecule has 0 atom stereocenters. The summed E-state index contributed by atoms with van der Waals surface area (Å²) >= 11 is 0. The van der Waals surface area contributed by atoms with Crippen LogP contribution in [0.3, 0.4) is 0 Å². The average molecular weight is 469 g/mol. The van der Waals surface area contributed by atoms with E-state index in [1.54, 1.807) is 6.20 Å². The molecule has 0 aliphatic heterocycles. The van der Waals surface area contributed by atoms with Gasteiger partial charge in [-0.1, -0.05) is 30.3 Å². The van der Waals surface area contributed by atoms with Crippen LogP contribution in [0.15, 0.2) is 65.6 Å². The van der Waals surface area contributed by atoms with Gasteiger partial charge in [0.2, 0.25) is 11.3 Å². The number of para-hydroxylation sites is 2. The number of carbonyl (C=O) groups is 2. The van der Waals surface area contributed by atoms with E-state index in [0.717, 1.165) is 27.7 Å². The highest BCUT2D eigenvalue weighted by Gasteiger charge is 2.34. The summed E-state index contributed by atoms with van der Waals surface area (Å²) in [7, 11) is 0. The molecule has 0 saturated carbocycles. The summed E-state index contributed by atoms with van der Waals surface area (Å²) < 4.78 is 41.2. The number of halogens is 3. The van der Waals surface area contributed by atoms with E-state index < -0.39 is 34.7 Å². The minimum atomic E-state index is -4.67. The Morgan fingerprint density at radius 3 is 2.53 bits per heavy atom. The zero-order chi connectivity index (χ0) is 24.5. The summed E-state index contributed by atoms with van der Waals surface area (Å²) in [5.41, 5.74) is 3.14. The number of H-pyrrole nitrogens is 1. The first-order chi connectivity index (χ1) is 16.1. The summed E-state index contributed by atoms with van der Waals surface area (Å²) in [5.74, 6) is -1.62. The van der Waals surface area contributed by atoms with Crippen LogP contribution in [-0.4, -0.2) is 26.6 Å². The minimum Gasteiger partial charge on any atom is -0.361 e. The third-order valence-corrected chi connectivity index (χ3v) is 5.10. The number of hydrogen-bond donors (Lipinski definition) is 3. The van der Waals surface area contributed by atoms with Gasteiger partial charge in [-0.15, -0.1) is 0 Å². The Morgan fingerprint density at radius 1 is 1.06 bits per heavy atom. The molecular weight excluding hydrogens is 451 g/mol. The largest absolute Gasteiger partial charge is 0.418 e. The number of alkyl halides is 3. The van der Waals surface area contributed by atoms with Gasteiger partial charge in [-0.05, 0) is 30.7 Å². The number of aryl methyl sites for hydroxylation is 1. The second-order valence-corrected chi connectivity index (χ2v) is 7.46. The molecule has 2 heterocycles. The van der Waals surface area contributed by atoms with E-state index in [-0.39, 0.29) is 17.8 Å². The lowest BCUT2D eigenvalue weighted by Gasteiger charge is -2.16. The van der Waals surface area contributed by atoms with Gasteiger partial charge in [0.25, 0.3) is 5.91 Å². The van der Waals surface area contributed by atoms with Gasteiger partial charge in [-0.25, -0.2) is 4.68 Å². The smallest absolute Gasteiger partial charge is 0.361 e. The van der Waals surface area contributed by atoms with E-state index in [9.17, 15) is 27.6 Å². The maximum absolute atomic E-state index is 13.4. The molecule has 3 N–H and O–H groups in total. The third kappa shape index (κ3) is 4.53. The first-order valence-electron chi connectivity index (χ1n) is 10.1. The number of aromatic amines is 1. The van der Waals surface area contributed by atoms with Crippen molar-refractivity contribution in [2.75, 3.05) is 0 Å². The molecule has 4 aromatic rings. The number of carbonyl (C=O) groups excluding carboxylic acids is 2. The first kappa shape index (κ1) is 22.8. The Labute approximate surface area is 190 Å². The van der Waals surface area contributed by atoms with Crippen molar-refractivity contribution in [2.45, 2.75) is 19.5 Å². The fourth-order valence-corrected chi connectivity index (χ4v) is 3.53. The number of amides is 2. The van der Waals surface area contributed by atoms with Crippen LogP contribution in [0.2, 0.25) is 0 Å². The zero-order valence-corrected chi connectivity index (χ0v) is 17.7. The van der Waals surface area contributed by atoms with E-state index in [0.29, 0.717) is 5.56 Å². The number of nitrogens with zero attached hydrogens (tertiary/aromatic N) is 2. The molecule has 0 aliphatic rings. The molecule has 2 aromatic heterocycles. The first-order valence-corrected chi connectivity index (χ1v) is 10.1. The predicted molar refractivity (Wildman–Crippen MR) is 117 cm³/mol. The molecule has 2 amide bonds. The molecule has 8 nitrogen and oxygen atoms in total. The molecule has 0 aliphatic carbocycles. The molecule has 0 saturated heterocycles. The summed E-state index contributed by atoms with van der Waals surface area (Å²) in [6.45, 7) is 1.40. The molecule has 11 heteroatoms. The second kappa shape index (κ2) is 8.85. The van der Waals surface area contributed by atoms with Gasteiger partial charge < -0.3 is 4.98 Å². The molecule has 4 rings (SSSR count). The lowest BCUT2D eigenvalue weighted by atomic mass is 10.1.